The van der Waals surface area contributed by atoms with E-state index in [1.165, 1.54) is 4.31 Å². The minimum atomic E-state index is -3.68. The molecule has 29 heavy (non-hydrogen) atoms. The topological polar surface area (TPSA) is 72.9 Å². The Bertz CT molecular complexity index is 903. The highest BCUT2D eigenvalue weighted by atomic mass is 32.2. The Morgan fingerprint density at radius 1 is 1.21 bits per heavy atom. The van der Waals surface area contributed by atoms with E-state index in [9.17, 15) is 13.2 Å². The molecule has 0 aromatic heterocycles. The number of rotatable bonds is 4. The van der Waals surface area contributed by atoms with Crippen LogP contribution in [0.1, 0.15) is 47.0 Å². The third kappa shape index (κ3) is 2.52. The summed E-state index contributed by atoms with van der Waals surface area (Å²) in [4.78, 5) is 13.8. The van der Waals surface area contributed by atoms with Crippen LogP contribution >= 0.6 is 0 Å². The number of ether oxygens (including phenoxy) is 1. The van der Waals surface area contributed by atoms with E-state index < -0.39 is 35.4 Å². The van der Waals surface area contributed by atoms with Crippen molar-refractivity contribution in [1.82, 2.24) is 4.31 Å². The lowest BCUT2D eigenvalue weighted by Gasteiger charge is -2.54. The van der Waals surface area contributed by atoms with Gasteiger partial charge in [-0.2, -0.15) is 0 Å². The third-order valence-corrected chi connectivity index (χ3v) is 11.1. The number of hydrogen-bond donors (Lipinski definition) is 0. The molecule has 1 heterocycles. The van der Waals surface area contributed by atoms with Crippen molar-refractivity contribution >= 4 is 24.2 Å². The smallest absolute Gasteiger partial charge is 0.268 e. The molecule has 1 unspecified atom stereocenters. The highest BCUT2D eigenvalue weighted by Gasteiger charge is 2.73. The average molecular weight is 442 g/mol. The fourth-order valence-corrected chi connectivity index (χ4v) is 10.6. The number of fused-ring (bicyclic) bond motifs is 1. The Labute approximate surface area is 176 Å². The second kappa shape index (κ2) is 5.75. The number of sulfonamides is 1. The Balaban J connectivity index is 1.75. The molecule has 4 atom stereocenters. The van der Waals surface area contributed by atoms with Crippen molar-refractivity contribution < 1.29 is 22.4 Å². The molecule has 3 fully saturated rings. The summed E-state index contributed by atoms with van der Waals surface area (Å²) in [6, 6.07) is -0.250. The lowest BCUT2D eigenvalue weighted by Crippen LogP contribution is -2.63. The van der Waals surface area contributed by atoms with Gasteiger partial charge >= 0.3 is 0 Å². The predicted molar refractivity (Wildman–Crippen MR) is 114 cm³/mol. The number of methoxy groups -OCH3 is 1. The maximum absolute atomic E-state index is 13.8. The molecule has 0 N–H and O–H groups in total. The van der Waals surface area contributed by atoms with Crippen LogP contribution in [0.5, 0.6) is 0 Å². The lowest BCUT2D eigenvalue weighted by molar-refractivity contribution is -0.216. The van der Waals surface area contributed by atoms with Crippen LogP contribution in [0.25, 0.3) is 0 Å². The van der Waals surface area contributed by atoms with Crippen LogP contribution in [0.15, 0.2) is 11.6 Å². The van der Waals surface area contributed by atoms with Crippen LogP contribution in [-0.2, 0) is 24.0 Å². The first-order valence-electron chi connectivity index (χ1n) is 10.6. The predicted octanol–water partition coefficient (Wildman–Crippen LogP) is 3.51. The van der Waals surface area contributed by atoms with Crippen molar-refractivity contribution in [2.45, 2.75) is 78.4 Å². The molecule has 1 aliphatic heterocycles. The first-order valence-corrected chi connectivity index (χ1v) is 15.6. The van der Waals surface area contributed by atoms with E-state index in [0.717, 1.165) is 19.3 Å². The molecule has 164 valence electrons. The van der Waals surface area contributed by atoms with E-state index in [4.69, 9.17) is 9.16 Å². The number of carbonyl (C=O) groups excluding carboxylic acids is 1. The molecule has 4 rings (SSSR count). The monoisotopic (exact) mass is 441 g/mol. The van der Waals surface area contributed by atoms with Crippen molar-refractivity contribution in [3.63, 3.8) is 0 Å². The van der Waals surface area contributed by atoms with Gasteiger partial charge in [-0.05, 0) is 50.2 Å². The molecule has 0 radical (unpaired) electrons. The molecule has 0 aromatic rings. The third-order valence-electron chi connectivity index (χ3n) is 8.29. The van der Waals surface area contributed by atoms with Crippen LogP contribution in [0.3, 0.4) is 0 Å². The zero-order valence-corrected chi connectivity index (χ0v) is 20.8. The Morgan fingerprint density at radius 3 is 2.31 bits per heavy atom. The SMILES string of the molecule is COC1(O[Si](C)(C)C)C(C(=O)N2[C@@H]3C[C@H]4CC[C@]3(CS2(=O)=O)C4(C)C)=CC1(C)C. The van der Waals surface area contributed by atoms with Crippen molar-refractivity contribution in [3.05, 3.63) is 11.6 Å². The van der Waals surface area contributed by atoms with Crippen LogP contribution in [0, 0.1) is 22.2 Å². The average Bonchev–Trinajstić information content (AvgIpc) is 3.03. The van der Waals surface area contributed by atoms with Crippen molar-refractivity contribution in [3.8, 4) is 0 Å². The first kappa shape index (κ1) is 21.5. The maximum atomic E-state index is 13.8. The molecule has 2 bridgehead atoms. The molecule has 1 saturated heterocycles. The normalized spacial score (nSPS) is 41.1. The van der Waals surface area contributed by atoms with Crippen LogP contribution in [-0.4, -0.2) is 51.6 Å². The molecule has 1 amide bonds. The molecular formula is C21H35NO5SSi. The second-order valence-electron chi connectivity index (χ2n) is 11.5. The summed E-state index contributed by atoms with van der Waals surface area (Å²) in [5.41, 5.74) is -0.572. The lowest BCUT2D eigenvalue weighted by atomic mass is 9.66. The van der Waals surface area contributed by atoms with E-state index in [1.807, 2.05) is 39.6 Å². The van der Waals surface area contributed by atoms with Gasteiger partial charge in [-0.1, -0.05) is 33.8 Å². The Morgan fingerprint density at radius 2 is 1.83 bits per heavy atom. The van der Waals surface area contributed by atoms with Gasteiger partial charge in [0.05, 0.1) is 17.4 Å². The highest BCUT2D eigenvalue weighted by molar-refractivity contribution is 7.90. The Kier molecular flexibility index (Phi) is 4.27. The van der Waals surface area contributed by atoms with E-state index in [-0.39, 0.29) is 22.6 Å². The van der Waals surface area contributed by atoms with E-state index in [1.54, 1.807) is 7.11 Å². The number of carbonyl (C=O) groups is 1. The summed E-state index contributed by atoms with van der Waals surface area (Å²) in [6.07, 6.45) is 4.53. The zero-order valence-electron chi connectivity index (χ0n) is 19.0. The van der Waals surface area contributed by atoms with Gasteiger partial charge < -0.3 is 9.16 Å². The molecule has 3 aliphatic carbocycles. The molecule has 8 heteroatoms. The molecule has 1 spiro atoms. The highest BCUT2D eigenvalue weighted by Crippen LogP contribution is 2.70. The molecule has 2 saturated carbocycles. The van der Waals surface area contributed by atoms with Gasteiger partial charge in [-0.3, -0.25) is 4.79 Å². The fourth-order valence-electron chi connectivity index (χ4n) is 6.73. The van der Waals surface area contributed by atoms with Gasteiger partial charge in [0.25, 0.3) is 5.91 Å². The van der Waals surface area contributed by atoms with Gasteiger partial charge in [0.2, 0.25) is 10.0 Å². The largest absolute Gasteiger partial charge is 0.387 e. The summed E-state index contributed by atoms with van der Waals surface area (Å²) in [6.45, 7) is 14.4. The fraction of sp³-hybridized carbons (Fsp3) is 0.857. The minimum Gasteiger partial charge on any atom is -0.387 e. The molecular weight excluding hydrogens is 406 g/mol. The van der Waals surface area contributed by atoms with Crippen LogP contribution in [0.2, 0.25) is 19.6 Å². The van der Waals surface area contributed by atoms with Crippen molar-refractivity contribution in [2.75, 3.05) is 12.9 Å². The van der Waals surface area contributed by atoms with Crippen LogP contribution in [0.4, 0.5) is 0 Å². The van der Waals surface area contributed by atoms with E-state index in [0.29, 0.717) is 11.5 Å². The molecule has 4 aliphatic rings. The molecule has 0 aromatic carbocycles. The molecule has 6 nitrogen and oxygen atoms in total. The standard InChI is InChI=1S/C21H35NO5SSi/c1-18(2)12-15(21(18,26-5)27-29(6,7)8)17(23)22-16-11-14-9-10-20(16,19(14,3)4)13-28(22,24)25/h12,14,16H,9-11,13H2,1-8H3/t14-,16-,20-,21?/m1/s1. The number of hydrogen-bond acceptors (Lipinski definition) is 5. The number of nitrogens with zero attached hydrogens (tertiary/aromatic N) is 1. The van der Waals surface area contributed by atoms with E-state index in [2.05, 4.69) is 13.8 Å². The quantitative estimate of drug-likeness (QED) is 0.493. The summed E-state index contributed by atoms with van der Waals surface area (Å²) in [5, 5.41) is 0. The van der Waals surface area contributed by atoms with Gasteiger partial charge in [0.1, 0.15) is 0 Å². The second-order valence-corrected chi connectivity index (χ2v) is 17.8. The summed E-state index contributed by atoms with van der Waals surface area (Å²) in [5.74, 6) is -1.11. The Hall–Kier alpha value is -0.703. The van der Waals surface area contributed by atoms with Gasteiger partial charge in [0.15, 0.2) is 14.1 Å². The summed E-state index contributed by atoms with van der Waals surface area (Å²) >= 11 is 0. The minimum absolute atomic E-state index is 0.0692. The number of amides is 1. The van der Waals surface area contributed by atoms with Crippen molar-refractivity contribution in [2.24, 2.45) is 22.2 Å². The summed E-state index contributed by atoms with van der Waals surface area (Å²) < 4.78 is 40.0. The first-order chi connectivity index (χ1) is 13.0. The van der Waals surface area contributed by atoms with Crippen molar-refractivity contribution in [1.29, 1.82) is 0 Å². The zero-order chi connectivity index (χ0) is 21.8. The maximum Gasteiger partial charge on any atom is 0.268 e. The van der Waals surface area contributed by atoms with Gasteiger partial charge in [-0.25, -0.2) is 12.7 Å². The van der Waals surface area contributed by atoms with Gasteiger partial charge in [0, 0.05) is 17.9 Å². The van der Waals surface area contributed by atoms with Gasteiger partial charge in [-0.15, -0.1) is 0 Å². The van der Waals surface area contributed by atoms with E-state index >= 15 is 0 Å². The summed E-state index contributed by atoms with van der Waals surface area (Å²) in [7, 11) is -4.22. The van der Waals surface area contributed by atoms with Crippen LogP contribution < -0.4 is 0 Å².